The quantitative estimate of drug-likeness (QED) is 0.652. The van der Waals surface area contributed by atoms with E-state index in [2.05, 4.69) is 30.2 Å². The zero-order valence-corrected chi connectivity index (χ0v) is 11.6. The Morgan fingerprint density at radius 1 is 1.39 bits per heavy atom. The van der Waals surface area contributed by atoms with Gasteiger partial charge < -0.3 is 11.1 Å². The molecule has 0 aliphatic heterocycles. The number of hydrogen-bond donors (Lipinski definition) is 2. The standard InChI is InChI=1S/C14H20ClN3/c1-9(2)17-14(16)18-11-7-10(8-11)12-5-3-4-6-13(12)15/h3-6,9-11H,7-8H2,1-2H3,(H3,16,17,18). The van der Waals surface area contributed by atoms with Crippen molar-refractivity contribution in [2.45, 2.75) is 44.7 Å². The number of aliphatic imine (C=N–C) groups is 1. The summed E-state index contributed by atoms with van der Waals surface area (Å²) in [5, 5.41) is 3.97. The molecule has 0 radical (unpaired) electrons. The smallest absolute Gasteiger partial charge is 0.189 e. The van der Waals surface area contributed by atoms with Crippen LogP contribution in [0.4, 0.5) is 0 Å². The third kappa shape index (κ3) is 3.16. The molecule has 1 aromatic rings. The monoisotopic (exact) mass is 265 g/mol. The molecule has 2 rings (SSSR count). The van der Waals surface area contributed by atoms with Crippen LogP contribution in [0, 0.1) is 0 Å². The minimum Gasteiger partial charge on any atom is -0.370 e. The van der Waals surface area contributed by atoms with Gasteiger partial charge in [0.25, 0.3) is 0 Å². The summed E-state index contributed by atoms with van der Waals surface area (Å²) >= 11 is 6.18. The lowest BCUT2D eigenvalue weighted by Gasteiger charge is -2.33. The highest BCUT2D eigenvalue weighted by atomic mass is 35.5. The number of rotatable bonds is 3. The zero-order chi connectivity index (χ0) is 13.1. The molecule has 0 spiro atoms. The first-order valence-corrected chi connectivity index (χ1v) is 6.78. The van der Waals surface area contributed by atoms with Crippen molar-refractivity contribution in [2.24, 2.45) is 10.7 Å². The van der Waals surface area contributed by atoms with Gasteiger partial charge in [0.15, 0.2) is 5.96 Å². The van der Waals surface area contributed by atoms with E-state index in [1.54, 1.807) is 0 Å². The summed E-state index contributed by atoms with van der Waals surface area (Å²) in [6.45, 7) is 4.10. The molecule has 0 amide bonds. The first-order valence-electron chi connectivity index (χ1n) is 6.40. The minimum absolute atomic E-state index is 0.327. The van der Waals surface area contributed by atoms with Crippen molar-refractivity contribution in [3.63, 3.8) is 0 Å². The number of nitrogens with zero attached hydrogens (tertiary/aromatic N) is 1. The molecular weight excluding hydrogens is 246 g/mol. The van der Waals surface area contributed by atoms with Crippen LogP contribution < -0.4 is 11.1 Å². The van der Waals surface area contributed by atoms with Crippen molar-refractivity contribution in [1.82, 2.24) is 5.32 Å². The van der Waals surface area contributed by atoms with Crippen molar-refractivity contribution < 1.29 is 0 Å². The van der Waals surface area contributed by atoms with Crippen molar-refractivity contribution >= 4 is 17.6 Å². The fourth-order valence-electron chi connectivity index (χ4n) is 2.28. The summed E-state index contributed by atoms with van der Waals surface area (Å²) in [5.74, 6) is 1.08. The van der Waals surface area contributed by atoms with E-state index < -0.39 is 0 Å². The average molecular weight is 266 g/mol. The summed E-state index contributed by atoms with van der Waals surface area (Å²) in [7, 11) is 0. The largest absolute Gasteiger partial charge is 0.370 e. The van der Waals surface area contributed by atoms with Gasteiger partial charge in [0.1, 0.15) is 0 Å². The van der Waals surface area contributed by atoms with E-state index >= 15 is 0 Å². The molecule has 0 saturated heterocycles. The Balaban J connectivity index is 1.89. The highest BCUT2D eigenvalue weighted by molar-refractivity contribution is 6.31. The fraction of sp³-hybridized carbons (Fsp3) is 0.500. The number of nitrogens with two attached hydrogens (primary N) is 1. The normalized spacial score (nSPS) is 23.9. The molecular formula is C14H20ClN3. The number of nitrogens with one attached hydrogen (secondary N) is 1. The molecule has 3 N–H and O–H groups in total. The van der Waals surface area contributed by atoms with E-state index in [4.69, 9.17) is 17.3 Å². The second-order valence-corrected chi connectivity index (χ2v) is 5.56. The Morgan fingerprint density at radius 3 is 2.67 bits per heavy atom. The van der Waals surface area contributed by atoms with Crippen molar-refractivity contribution in [1.29, 1.82) is 0 Å². The first kappa shape index (κ1) is 13.2. The first-order chi connectivity index (χ1) is 8.56. The summed E-state index contributed by atoms with van der Waals surface area (Å²) in [4.78, 5) is 4.47. The molecule has 0 atom stereocenters. The second-order valence-electron chi connectivity index (χ2n) is 5.16. The predicted molar refractivity (Wildman–Crippen MR) is 77.1 cm³/mol. The lowest BCUT2D eigenvalue weighted by molar-refractivity contribution is 0.352. The third-order valence-corrected chi connectivity index (χ3v) is 3.56. The van der Waals surface area contributed by atoms with Crippen LogP contribution in [-0.4, -0.2) is 18.0 Å². The Bertz CT molecular complexity index is 436. The molecule has 0 aromatic heterocycles. The summed E-state index contributed by atoms with van der Waals surface area (Å²) in [5.41, 5.74) is 7.05. The van der Waals surface area contributed by atoms with E-state index in [-0.39, 0.29) is 0 Å². The fourth-order valence-corrected chi connectivity index (χ4v) is 2.57. The lowest BCUT2D eigenvalue weighted by atomic mass is 9.76. The van der Waals surface area contributed by atoms with Gasteiger partial charge in [-0.05, 0) is 44.2 Å². The van der Waals surface area contributed by atoms with Crippen molar-refractivity contribution in [2.75, 3.05) is 0 Å². The molecule has 1 aliphatic carbocycles. The summed E-state index contributed by atoms with van der Waals surface area (Å²) in [6, 6.07) is 8.70. The van der Waals surface area contributed by atoms with Crippen molar-refractivity contribution in [3.05, 3.63) is 34.9 Å². The molecule has 3 nitrogen and oxygen atoms in total. The van der Waals surface area contributed by atoms with Gasteiger partial charge in [-0.1, -0.05) is 29.8 Å². The topological polar surface area (TPSA) is 50.4 Å². The number of hydrogen-bond acceptors (Lipinski definition) is 1. The average Bonchev–Trinajstić information content (AvgIpc) is 2.23. The van der Waals surface area contributed by atoms with Crippen LogP contribution >= 0.6 is 11.6 Å². The van der Waals surface area contributed by atoms with Crippen LogP contribution in [0.3, 0.4) is 0 Å². The molecule has 1 aromatic carbocycles. The van der Waals surface area contributed by atoms with Gasteiger partial charge >= 0.3 is 0 Å². The van der Waals surface area contributed by atoms with Crippen LogP contribution in [0.5, 0.6) is 0 Å². The molecule has 0 bridgehead atoms. The maximum absolute atomic E-state index is 6.18. The molecule has 0 heterocycles. The van der Waals surface area contributed by atoms with Crippen molar-refractivity contribution in [3.8, 4) is 0 Å². The Hall–Kier alpha value is -1.22. The summed E-state index contributed by atoms with van der Waals surface area (Å²) in [6.07, 6.45) is 2.06. The zero-order valence-electron chi connectivity index (χ0n) is 10.9. The predicted octanol–water partition coefficient (Wildman–Crippen LogP) is 2.90. The maximum atomic E-state index is 6.18. The lowest BCUT2D eigenvalue weighted by Crippen LogP contribution is -2.39. The highest BCUT2D eigenvalue weighted by Gasteiger charge is 2.31. The minimum atomic E-state index is 0.327. The van der Waals surface area contributed by atoms with E-state index in [1.807, 2.05) is 18.2 Å². The molecule has 1 saturated carbocycles. The highest BCUT2D eigenvalue weighted by Crippen LogP contribution is 2.41. The third-order valence-electron chi connectivity index (χ3n) is 3.22. The molecule has 1 fully saturated rings. The Morgan fingerprint density at radius 2 is 2.06 bits per heavy atom. The van der Waals surface area contributed by atoms with Gasteiger partial charge in [-0.25, -0.2) is 0 Å². The maximum Gasteiger partial charge on any atom is 0.189 e. The van der Waals surface area contributed by atoms with Gasteiger partial charge in [-0.3, -0.25) is 4.99 Å². The van der Waals surface area contributed by atoms with Gasteiger partial charge in [0.05, 0.1) is 6.04 Å². The van der Waals surface area contributed by atoms with E-state index in [0.29, 0.717) is 24.0 Å². The van der Waals surface area contributed by atoms with Crippen LogP contribution in [0.15, 0.2) is 29.3 Å². The molecule has 18 heavy (non-hydrogen) atoms. The molecule has 0 unspecified atom stereocenters. The summed E-state index contributed by atoms with van der Waals surface area (Å²) < 4.78 is 0. The SMILES string of the molecule is CC(C)NC(N)=NC1CC(c2ccccc2Cl)C1. The molecule has 4 heteroatoms. The second kappa shape index (κ2) is 5.61. The molecule has 1 aliphatic rings. The van der Waals surface area contributed by atoms with Crippen LogP contribution in [0.25, 0.3) is 0 Å². The number of benzene rings is 1. The number of halogens is 1. The van der Waals surface area contributed by atoms with Crippen LogP contribution in [0.2, 0.25) is 5.02 Å². The Labute approximate surface area is 113 Å². The van der Waals surface area contributed by atoms with Crippen LogP contribution in [0.1, 0.15) is 38.2 Å². The Kier molecular flexibility index (Phi) is 4.12. The van der Waals surface area contributed by atoms with Gasteiger partial charge in [0, 0.05) is 11.1 Å². The van der Waals surface area contributed by atoms with E-state index in [1.165, 1.54) is 5.56 Å². The number of guanidine groups is 1. The van der Waals surface area contributed by atoms with Crippen LogP contribution in [-0.2, 0) is 0 Å². The molecule has 98 valence electrons. The van der Waals surface area contributed by atoms with E-state index in [0.717, 1.165) is 17.9 Å². The van der Waals surface area contributed by atoms with E-state index in [9.17, 15) is 0 Å². The van der Waals surface area contributed by atoms with Gasteiger partial charge in [0.2, 0.25) is 0 Å². The van der Waals surface area contributed by atoms with Gasteiger partial charge in [-0.2, -0.15) is 0 Å². The van der Waals surface area contributed by atoms with Gasteiger partial charge in [-0.15, -0.1) is 0 Å².